The van der Waals surface area contributed by atoms with Crippen LogP contribution in [0, 0.1) is 0 Å². The van der Waals surface area contributed by atoms with Crippen LogP contribution in [0.3, 0.4) is 0 Å². The van der Waals surface area contributed by atoms with Gasteiger partial charge in [0.25, 0.3) is 11.8 Å². The molecule has 12 heteroatoms. The molecule has 0 radical (unpaired) electrons. The molecule has 0 fully saturated rings. The summed E-state index contributed by atoms with van der Waals surface area (Å²) < 4.78 is 23.2. The summed E-state index contributed by atoms with van der Waals surface area (Å²) in [6, 6.07) is 17.3. The first-order valence-corrected chi connectivity index (χ1v) is 12.7. The predicted octanol–water partition coefficient (Wildman–Crippen LogP) is 8.71. The van der Waals surface area contributed by atoms with Crippen LogP contribution in [-0.2, 0) is 12.8 Å². The van der Waals surface area contributed by atoms with Gasteiger partial charge in [0, 0.05) is 34.0 Å². The van der Waals surface area contributed by atoms with Crippen LogP contribution in [0.1, 0.15) is 11.8 Å². The second kappa shape index (κ2) is 10.3. The maximum atomic E-state index is 6.27. The zero-order valence-corrected chi connectivity index (χ0v) is 22.1. The third-order valence-electron chi connectivity index (χ3n) is 5.51. The van der Waals surface area contributed by atoms with Crippen molar-refractivity contribution in [3.63, 3.8) is 0 Å². The van der Waals surface area contributed by atoms with Gasteiger partial charge in [-0.05, 0) is 60.7 Å². The summed E-state index contributed by atoms with van der Waals surface area (Å²) >= 11 is 24.5. The normalized spacial score (nSPS) is 11.4. The van der Waals surface area contributed by atoms with Crippen molar-refractivity contribution >= 4 is 46.4 Å². The lowest BCUT2D eigenvalue weighted by atomic mass is 10.2. The third-order valence-corrected chi connectivity index (χ3v) is 6.61. The van der Waals surface area contributed by atoms with E-state index in [0.29, 0.717) is 78.9 Å². The molecule has 8 nitrogen and oxygen atoms in total. The highest BCUT2D eigenvalue weighted by Gasteiger charge is 2.18. The summed E-state index contributed by atoms with van der Waals surface area (Å²) in [5.74, 6) is 3.20. The number of furan rings is 2. The van der Waals surface area contributed by atoms with E-state index in [0.717, 1.165) is 0 Å². The van der Waals surface area contributed by atoms with Gasteiger partial charge < -0.3 is 17.7 Å². The molecule has 2 aromatic carbocycles. The molecule has 0 bridgehead atoms. The Balaban J connectivity index is 1.11. The van der Waals surface area contributed by atoms with Crippen molar-refractivity contribution in [2.24, 2.45) is 0 Å². The van der Waals surface area contributed by atoms with E-state index in [9.17, 15) is 0 Å². The number of aromatic nitrogens is 4. The van der Waals surface area contributed by atoms with E-state index in [-0.39, 0.29) is 11.8 Å². The average Bonchev–Trinajstić information content (AvgIpc) is 3.69. The highest BCUT2D eigenvalue weighted by Crippen LogP contribution is 2.35. The summed E-state index contributed by atoms with van der Waals surface area (Å²) in [5, 5.41) is 18.3. The van der Waals surface area contributed by atoms with Crippen LogP contribution in [0.2, 0.25) is 20.1 Å². The summed E-state index contributed by atoms with van der Waals surface area (Å²) in [6.45, 7) is 0. The summed E-state index contributed by atoms with van der Waals surface area (Å²) in [6.07, 6.45) is 0.768. The van der Waals surface area contributed by atoms with E-state index >= 15 is 0 Å². The van der Waals surface area contributed by atoms with E-state index in [2.05, 4.69) is 20.4 Å². The molecule has 190 valence electrons. The third kappa shape index (κ3) is 5.08. The molecule has 0 saturated heterocycles. The molecule has 0 spiro atoms. The Hall–Kier alpha value is -3.56. The molecule has 6 rings (SSSR count). The molecule has 4 heterocycles. The van der Waals surface area contributed by atoms with Crippen molar-refractivity contribution in [2.45, 2.75) is 12.8 Å². The van der Waals surface area contributed by atoms with Gasteiger partial charge >= 0.3 is 0 Å². The van der Waals surface area contributed by atoms with Crippen molar-refractivity contribution in [3.8, 4) is 45.9 Å². The number of benzene rings is 2. The molecule has 0 aliphatic heterocycles. The van der Waals surface area contributed by atoms with E-state index in [1.165, 1.54) is 0 Å². The molecular formula is C26H14Cl4N4O4. The van der Waals surface area contributed by atoms with Crippen LogP contribution >= 0.6 is 46.4 Å². The van der Waals surface area contributed by atoms with E-state index in [1.807, 2.05) is 0 Å². The van der Waals surface area contributed by atoms with Gasteiger partial charge in [0.05, 0.1) is 10.0 Å². The van der Waals surface area contributed by atoms with Gasteiger partial charge in [-0.25, -0.2) is 0 Å². The molecule has 38 heavy (non-hydrogen) atoms. The maximum absolute atomic E-state index is 6.27. The molecule has 0 aliphatic rings. The average molecular weight is 588 g/mol. The number of hydrogen-bond donors (Lipinski definition) is 0. The summed E-state index contributed by atoms with van der Waals surface area (Å²) in [7, 11) is 0. The number of hydrogen-bond acceptors (Lipinski definition) is 8. The first-order chi connectivity index (χ1) is 18.4. The SMILES string of the molecule is Clc1ccc(-c2ccc(-c3nnc(CCc4nnc(-c5ccc(-c6ccc(Cl)cc6Cl)o5)o4)o3)o2)c(Cl)c1. The molecular weight excluding hydrogens is 574 g/mol. The fraction of sp³-hybridized carbons (Fsp3) is 0.0769. The maximum Gasteiger partial charge on any atom is 0.283 e. The molecule has 0 unspecified atom stereocenters. The van der Waals surface area contributed by atoms with E-state index < -0.39 is 0 Å². The van der Waals surface area contributed by atoms with Crippen LogP contribution in [-0.4, -0.2) is 20.4 Å². The Kier molecular flexibility index (Phi) is 6.71. The first-order valence-electron chi connectivity index (χ1n) is 11.2. The lowest BCUT2D eigenvalue weighted by molar-refractivity contribution is 0.452. The molecule has 4 aromatic heterocycles. The van der Waals surface area contributed by atoms with Crippen LogP contribution in [0.5, 0.6) is 0 Å². The van der Waals surface area contributed by atoms with Gasteiger partial charge in [-0.15, -0.1) is 20.4 Å². The predicted molar refractivity (Wildman–Crippen MR) is 142 cm³/mol. The minimum Gasteiger partial charge on any atom is -0.451 e. The highest BCUT2D eigenvalue weighted by atomic mass is 35.5. The van der Waals surface area contributed by atoms with Crippen LogP contribution in [0.25, 0.3) is 45.9 Å². The number of rotatable bonds is 7. The fourth-order valence-electron chi connectivity index (χ4n) is 3.70. The van der Waals surface area contributed by atoms with E-state index in [4.69, 9.17) is 64.1 Å². The lowest BCUT2D eigenvalue weighted by Gasteiger charge is -2.00. The smallest absolute Gasteiger partial charge is 0.283 e. The van der Waals surface area contributed by atoms with Crippen molar-refractivity contribution < 1.29 is 17.7 Å². The Labute approximate surface area is 235 Å². The largest absolute Gasteiger partial charge is 0.451 e. The fourth-order valence-corrected chi connectivity index (χ4v) is 4.70. The van der Waals surface area contributed by atoms with Crippen LogP contribution in [0.4, 0.5) is 0 Å². The Morgan fingerprint density at radius 1 is 0.474 bits per heavy atom. The lowest BCUT2D eigenvalue weighted by Crippen LogP contribution is -1.91. The van der Waals surface area contributed by atoms with Gasteiger partial charge in [0.15, 0.2) is 11.5 Å². The number of nitrogens with zero attached hydrogens (tertiary/aromatic N) is 4. The Morgan fingerprint density at radius 2 is 0.895 bits per heavy atom. The first kappa shape index (κ1) is 24.8. The van der Waals surface area contributed by atoms with Gasteiger partial charge in [-0.3, -0.25) is 0 Å². The molecule has 6 aromatic rings. The second-order valence-corrected chi connectivity index (χ2v) is 9.77. The van der Waals surface area contributed by atoms with Crippen LogP contribution in [0.15, 0.2) is 78.3 Å². The quantitative estimate of drug-likeness (QED) is 0.182. The van der Waals surface area contributed by atoms with E-state index in [1.54, 1.807) is 60.7 Å². The van der Waals surface area contributed by atoms with Gasteiger partial charge in [-0.2, -0.15) is 0 Å². The van der Waals surface area contributed by atoms with Crippen molar-refractivity contribution in [3.05, 3.63) is 92.5 Å². The molecule has 0 N–H and O–H groups in total. The van der Waals surface area contributed by atoms with Gasteiger partial charge in [-0.1, -0.05) is 46.4 Å². The summed E-state index contributed by atoms with van der Waals surface area (Å²) in [4.78, 5) is 0. The van der Waals surface area contributed by atoms with Crippen LogP contribution < -0.4 is 0 Å². The second-order valence-electron chi connectivity index (χ2n) is 8.08. The van der Waals surface area contributed by atoms with Gasteiger partial charge in [0.2, 0.25) is 11.8 Å². The van der Waals surface area contributed by atoms with Gasteiger partial charge in [0.1, 0.15) is 11.5 Å². The minimum atomic E-state index is 0.242. The monoisotopic (exact) mass is 586 g/mol. The highest BCUT2D eigenvalue weighted by molar-refractivity contribution is 6.37. The number of halogens is 4. The minimum absolute atomic E-state index is 0.242. The molecule has 0 aliphatic carbocycles. The summed E-state index contributed by atoms with van der Waals surface area (Å²) in [5.41, 5.74) is 1.41. The molecule has 0 atom stereocenters. The topological polar surface area (TPSA) is 104 Å². The molecule has 0 amide bonds. The zero-order valence-electron chi connectivity index (χ0n) is 19.1. The Morgan fingerprint density at radius 3 is 1.32 bits per heavy atom. The van der Waals surface area contributed by atoms with Crippen molar-refractivity contribution in [1.29, 1.82) is 0 Å². The standard InChI is InChI=1S/C26H14Cl4N4O4/c27-13-1-3-15(17(29)11-13)19-5-7-21(35-19)25-33-31-23(37-25)9-10-24-32-34-26(38-24)22-8-6-20(36-22)16-4-2-14(28)12-18(16)30/h1-8,11-12H,9-10H2. The van der Waals surface area contributed by atoms with Crippen molar-refractivity contribution in [1.82, 2.24) is 20.4 Å². The zero-order chi connectivity index (χ0) is 26.2. The number of aryl methyl sites for hydroxylation is 2. The van der Waals surface area contributed by atoms with Crippen molar-refractivity contribution in [2.75, 3.05) is 0 Å². The Bertz CT molecular complexity index is 1630. The molecule has 0 saturated carbocycles.